The van der Waals surface area contributed by atoms with Crippen molar-refractivity contribution in [2.24, 2.45) is 0 Å². The van der Waals surface area contributed by atoms with Crippen molar-refractivity contribution in [3.8, 4) is 0 Å². The van der Waals surface area contributed by atoms with Crippen LogP contribution >= 0.6 is 0 Å². The zero-order chi connectivity index (χ0) is 20.6. The molecule has 1 aromatic carbocycles. The van der Waals surface area contributed by atoms with Crippen LogP contribution in [0, 0.1) is 0 Å². The van der Waals surface area contributed by atoms with Crippen LogP contribution in [0.25, 0.3) is 0 Å². The first kappa shape index (κ1) is 22.1. The molecule has 9 nitrogen and oxygen atoms in total. The number of sulfonamides is 1. The first-order chi connectivity index (χ1) is 13.3. The Hall–Kier alpha value is -2.17. The SMILES string of the molecule is CCCCOC(=O)N1CCN(S(C)(=O)=O)CC1C(=O)NOCc1ccccc1. The first-order valence-corrected chi connectivity index (χ1v) is 11.0. The Bertz CT molecular complexity index is 756. The molecule has 1 aliphatic heterocycles. The summed E-state index contributed by atoms with van der Waals surface area (Å²) in [6.07, 6.45) is 2.02. The minimum atomic E-state index is -3.49. The lowest BCUT2D eigenvalue weighted by Gasteiger charge is -2.38. The number of piperazine rings is 1. The first-order valence-electron chi connectivity index (χ1n) is 9.17. The Morgan fingerprint density at radius 2 is 1.93 bits per heavy atom. The van der Waals surface area contributed by atoms with E-state index < -0.39 is 28.1 Å². The maximum atomic E-state index is 12.6. The molecule has 1 aliphatic rings. The molecule has 0 bridgehead atoms. The van der Waals surface area contributed by atoms with E-state index in [1.165, 1.54) is 9.21 Å². The van der Waals surface area contributed by atoms with Gasteiger partial charge in [-0.15, -0.1) is 0 Å². The molecule has 156 valence electrons. The third-order valence-corrected chi connectivity index (χ3v) is 5.60. The maximum absolute atomic E-state index is 12.6. The summed E-state index contributed by atoms with van der Waals surface area (Å²) in [5, 5.41) is 0. The average molecular weight is 413 g/mol. The van der Waals surface area contributed by atoms with Crippen LogP contribution < -0.4 is 5.48 Å². The second-order valence-electron chi connectivity index (χ2n) is 6.54. The summed E-state index contributed by atoms with van der Waals surface area (Å²) in [6.45, 7) is 2.39. The Balaban J connectivity index is 2.01. The van der Waals surface area contributed by atoms with Gasteiger partial charge in [0.2, 0.25) is 10.0 Å². The van der Waals surface area contributed by atoms with Crippen molar-refractivity contribution in [1.82, 2.24) is 14.7 Å². The number of hydrogen-bond donors (Lipinski definition) is 1. The lowest BCUT2D eigenvalue weighted by Crippen LogP contribution is -2.61. The number of hydroxylamine groups is 1. The molecule has 1 unspecified atom stereocenters. The molecule has 0 aliphatic carbocycles. The second kappa shape index (κ2) is 10.4. The van der Waals surface area contributed by atoms with Crippen LogP contribution in [-0.2, 0) is 31.0 Å². The zero-order valence-electron chi connectivity index (χ0n) is 16.2. The molecule has 28 heavy (non-hydrogen) atoms. The normalized spacial score (nSPS) is 17.9. The van der Waals surface area contributed by atoms with Crippen LogP contribution in [0.15, 0.2) is 30.3 Å². The second-order valence-corrected chi connectivity index (χ2v) is 8.52. The molecule has 1 N–H and O–H groups in total. The number of ether oxygens (including phenoxy) is 1. The van der Waals surface area contributed by atoms with Crippen molar-refractivity contribution >= 4 is 22.0 Å². The van der Waals surface area contributed by atoms with Gasteiger partial charge >= 0.3 is 6.09 Å². The third kappa shape index (κ3) is 6.47. The van der Waals surface area contributed by atoms with Crippen molar-refractivity contribution in [3.05, 3.63) is 35.9 Å². The van der Waals surface area contributed by atoms with E-state index in [-0.39, 0.29) is 32.8 Å². The number of nitrogens with one attached hydrogen (secondary N) is 1. The monoisotopic (exact) mass is 413 g/mol. The molecule has 0 aromatic heterocycles. The molecule has 1 atom stereocenters. The molecule has 0 saturated carbocycles. The number of benzene rings is 1. The minimum Gasteiger partial charge on any atom is -0.449 e. The van der Waals surface area contributed by atoms with E-state index in [2.05, 4.69) is 5.48 Å². The third-order valence-electron chi connectivity index (χ3n) is 4.33. The number of amides is 2. The molecule has 1 aromatic rings. The molecule has 2 amide bonds. The van der Waals surface area contributed by atoms with E-state index in [9.17, 15) is 18.0 Å². The lowest BCUT2D eigenvalue weighted by molar-refractivity contribution is -0.141. The molecule has 1 fully saturated rings. The zero-order valence-corrected chi connectivity index (χ0v) is 17.0. The number of rotatable bonds is 8. The van der Waals surface area contributed by atoms with Gasteiger partial charge in [-0.2, -0.15) is 4.31 Å². The molecular weight excluding hydrogens is 386 g/mol. The van der Waals surface area contributed by atoms with Gasteiger partial charge in [-0.1, -0.05) is 43.7 Å². The van der Waals surface area contributed by atoms with Crippen molar-refractivity contribution < 1.29 is 27.6 Å². The van der Waals surface area contributed by atoms with Gasteiger partial charge in [0.1, 0.15) is 6.04 Å². The highest BCUT2D eigenvalue weighted by molar-refractivity contribution is 7.88. The van der Waals surface area contributed by atoms with Gasteiger partial charge in [-0.3, -0.25) is 14.5 Å². The number of carbonyl (C=O) groups excluding carboxylic acids is 2. The van der Waals surface area contributed by atoms with Crippen molar-refractivity contribution in [3.63, 3.8) is 0 Å². The maximum Gasteiger partial charge on any atom is 0.410 e. The molecule has 0 spiro atoms. The summed E-state index contributed by atoms with van der Waals surface area (Å²) in [5.74, 6) is -0.600. The van der Waals surface area contributed by atoms with Gasteiger partial charge in [0, 0.05) is 19.6 Å². The Kier molecular flexibility index (Phi) is 8.21. The molecular formula is C18H27N3O6S. The standard InChI is InChI=1S/C18H27N3O6S/c1-3-4-12-26-18(23)21-11-10-20(28(2,24)25)13-16(21)17(22)19-27-14-15-8-6-5-7-9-15/h5-9,16H,3-4,10-14H2,1-2H3,(H,19,22). The van der Waals surface area contributed by atoms with Gasteiger partial charge < -0.3 is 4.74 Å². The van der Waals surface area contributed by atoms with Crippen molar-refractivity contribution in [2.75, 3.05) is 32.5 Å². The van der Waals surface area contributed by atoms with E-state index in [1.807, 2.05) is 37.3 Å². The lowest BCUT2D eigenvalue weighted by atomic mass is 10.2. The van der Waals surface area contributed by atoms with Crippen LogP contribution in [0.4, 0.5) is 4.79 Å². The van der Waals surface area contributed by atoms with E-state index in [1.54, 1.807) is 0 Å². The smallest absolute Gasteiger partial charge is 0.410 e. The van der Waals surface area contributed by atoms with Crippen LogP contribution in [0.2, 0.25) is 0 Å². The molecule has 0 radical (unpaired) electrons. The topological polar surface area (TPSA) is 105 Å². The largest absolute Gasteiger partial charge is 0.449 e. The van der Waals surface area contributed by atoms with Gasteiger partial charge in [-0.05, 0) is 12.0 Å². The van der Waals surface area contributed by atoms with Crippen LogP contribution in [0.3, 0.4) is 0 Å². The fourth-order valence-corrected chi connectivity index (χ4v) is 3.55. The quantitative estimate of drug-likeness (QED) is 0.506. The predicted octanol–water partition coefficient (Wildman–Crippen LogP) is 1.12. The molecule has 1 saturated heterocycles. The van der Waals surface area contributed by atoms with Gasteiger partial charge in [0.15, 0.2) is 0 Å². The van der Waals surface area contributed by atoms with Crippen molar-refractivity contribution in [1.29, 1.82) is 0 Å². The summed E-state index contributed by atoms with van der Waals surface area (Å²) in [5.41, 5.74) is 3.18. The Morgan fingerprint density at radius 3 is 2.57 bits per heavy atom. The number of carbonyl (C=O) groups is 2. The number of nitrogens with zero attached hydrogens (tertiary/aromatic N) is 2. The van der Waals surface area contributed by atoms with Crippen molar-refractivity contribution in [2.45, 2.75) is 32.4 Å². The Labute approximate surface area is 165 Å². The van der Waals surface area contributed by atoms with Gasteiger partial charge in [-0.25, -0.2) is 18.7 Å². The summed E-state index contributed by atoms with van der Waals surface area (Å²) in [6, 6.07) is 8.21. The molecule has 2 rings (SSSR count). The molecule has 10 heteroatoms. The summed E-state index contributed by atoms with van der Waals surface area (Å²) in [4.78, 5) is 31.4. The van der Waals surface area contributed by atoms with E-state index in [0.29, 0.717) is 6.42 Å². The highest BCUT2D eigenvalue weighted by atomic mass is 32.2. The number of hydrogen-bond acceptors (Lipinski definition) is 6. The van der Waals surface area contributed by atoms with Crippen LogP contribution in [-0.4, -0.2) is 68.2 Å². The van der Waals surface area contributed by atoms with E-state index in [4.69, 9.17) is 9.57 Å². The van der Waals surface area contributed by atoms with Crippen LogP contribution in [0.5, 0.6) is 0 Å². The predicted molar refractivity (Wildman–Crippen MR) is 103 cm³/mol. The van der Waals surface area contributed by atoms with Crippen LogP contribution in [0.1, 0.15) is 25.3 Å². The van der Waals surface area contributed by atoms with Gasteiger partial charge in [0.05, 0.1) is 19.5 Å². The summed E-state index contributed by atoms with van der Waals surface area (Å²) >= 11 is 0. The summed E-state index contributed by atoms with van der Waals surface area (Å²) < 4.78 is 30.1. The van der Waals surface area contributed by atoms with E-state index >= 15 is 0 Å². The summed E-state index contributed by atoms with van der Waals surface area (Å²) in [7, 11) is -3.49. The highest BCUT2D eigenvalue weighted by Crippen LogP contribution is 2.15. The van der Waals surface area contributed by atoms with E-state index in [0.717, 1.165) is 18.2 Å². The minimum absolute atomic E-state index is 0.0643. The molecule has 1 heterocycles. The fourth-order valence-electron chi connectivity index (χ4n) is 2.72. The fraction of sp³-hybridized carbons (Fsp3) is 0.556. The Morgan fingerprint density at radius 1 is 1.21 bits per heavy atom. The highest BCUT2D eigenvalue weighted by Gasteiger charge is 2.39. The number of unbranched alkanes of at least 4 members (excludes halogenated alkanes) is 1. The van der Waals surface area contributed by atoms with Gasteiger partial charge in [0.25, 0.3) is 5.91 Å². The average Bonchev–Trinajstić information content (AvgIpc) is 2.67.